The molecule has 0 saturated carbocycles. The average molecular weight is 203 g/mol. The van der Waals surface area contributed by atoms with Crippen LogP contribution in [-0.4, -0.2) is 11.0 Å². The van der Waals surface area contributed by atoms with Gasteiger partial charge in [-0.3, -0.25) is 9.59 Å². The summed E-state index contributed by atoms with van der Waals surface area (Å²) in [7, 11) is 0. The van der Waals surface area contributed by atoms with Crippen LogP contribution < -0.4 is 10.3 Å². The molecule has 1 heterocycles. The summed E-state index contributed by atoms with van der Waals surface area (Å²) >= 11 is 0. The van der Waals surface area contributed by atoms with Gasteiger partial charge in [0.05, 0.1) is 5.39 Å². The molecule has 4 nitrogen and oxygen atoms in total. The number of ether oxygens (including phenoxy) is 1. The Morgan fingerprint density at radius 1 is 1.27 bits per heavy atom. The van der Waals surface area contributed by atoms with Crippen LogP contribution in [0.3, 0.4) is 0 Å². The maximum absolute atomic E-state index is 11.4. The number of esters is 1. The van der Waals surface area contributed by atoms with E-state index in [0.717, 1.165) is 0 Å². The maximum Gasteiger partial charge on any atom is 0.308 e. The van der Waals surface area contributed by atoms with Gasteiger partial charge >= 0.3 is 5.97 Å². The second-order valence-electron chi connectivity index (χ2n) is 3.12. The van der Waals surface area contributed by atoms with Crippen molar-refractivity contribution in [3.63, 3.8) is 0 Å². The van der Waals surface area contributed by atoms with Crippen molar-refractivity contribution in [1.29, 1.82) is 0 Å². The van der Waals surface area contributed by atoms with Gasteiger partial charge in [-0.15, -0.1) is 0 Å². The number of nitrogens with one attached hydrogen (secondary N) is 1. The van der Waals surface area contributed by atoms with Crippen LogP contribution in [0.2, 0.25) is 0 Å². The molecule has 0 spiro atoms. The molecule has 76 valence electrons. The molecule has 1 aromatic heterocycles. The van der Waals surface area contributed by atoms with Crippen molar-refractivity contribution >= 4 is 16.7 Å². The third-order valence-corrected chi connectivity index (χ3v) is 2.03. The molecule has 0 bridgehead atoms. The number of H-pyrrole nitrogens is 1. The number of pyridine rings is 1. The van der Waals surface area contributed by atoms with Crippen molar-refractivity contribution in [3.8, 4) is 5.75 Å². The van der Waals surface area contributed by atoms with E-state index in [1.807, 2.05) is 0 Å². The summed E-state index contributed by atoms with van der Waals surface area (Å²) in [6.07, 6.45) is 1.53. The minimum absolute atomic E-state index is 0.193. The van der Waals surface area contributed by atoms with Gasteiger partial charge in [0.2, 0.25) is 0 Å². The molecule has 0 fully saturated rings. The molecule has 1 N–H and O–H groups in total. The Balaban J connectivity index is 2.71. The Morgan fingerprint density at radius 3 is 2.80 bits per heavy atom. The molecule has 15 heavy (non-hydrogen) atoms. The van der Waals surface area contributed by atoms with Gasteiger partial charge in [0, 0.05) is 18.5 Å². The number of carbonyl (C=O) groups excluding carboxylic acids is 1. The van der Waals surface area contributed by atoms with E-state index in [2.05, 4.69) is 4.98 Å². The number of rotatable bonds is 1. The van der Waals surface area contributed by atoms with Crippen molar-refractivity contribution in [2.24, 2.45) is 0 Å². The van der Waals surface area contributed by atoms with Gasteiger partial charge in [0.15, 0.2) is 0 Å². The predicted octanol–water partition coefficient (Wildman–Crippen LogP) is 1.45. The van der Waals surface area contributed by atoms with Crippen molar-refractivity contribution in [3.05, 3.63) is 40.8 Å². The summed E-state index contributed by atoms with van der Waals surface area (Å²) < 4.78 is 4.99. The van der Waals surface area contributed by atoms with Gasteiger partial charge in [-0.25, -0.2) is 0 Å². The third-order valence-electron chi connectivity index (χ3n) is 2.03. The molecule has 0 unspecified atom stereocenters. The van der Waals surface area contributed by atoms with Crippen LogP contribution in [0.25, 0.3) is 10.8 Å². The Labute approximate surface area is 85.5 Å². The Hall–Kier alpha value is -2.10. The van der Waals surface area contributed by atoms with Crippen molar-refractivity contribution in [2.45, 2.75) is 6.92 Å². The number of aromatic nitrogens is 1. The summed E-state index contributed by atoms with van der Waals surface area (Å²) in [5, 5.41) is 1.15. The third kappa shape index (κ3) is 1.74. The van der Waals surface area contributed by atoms with E-state index in [1.54, 1.807) is 24.3 Å². The van der Waals surface area contributed by atoms with Gasteiger partial charge in [-0.2, -0.15) is 0 Å². The van der Waals surface area contributed by atoms with Crippen molar-refractivity contribution in [1.82, 2.24) is 4.98 Å². The van der Waals surface area contributed by atoms with Gasteiger partial charge in [0.1, 0.15) is 5.75 Å². The highest BCUT2D eigenvalue weighted by Crippen LogP contribution is 2.22. The number of hydrogen-bond donors (Lipinski definition) is 1. The molecule has 4 heteroatoms. The van der Waals surface area contributed by atoms with Crippen molar-refractivity contribution in [2.75, 3.05) is 0 Å². The zero-order chi connectivity index (χ0) is 10.8. The molecule has 0 aliphatic heterocycles. The SMILES string of the molecule is CC(=O)Oc1cccc2c(=O)[nH]ccc12. The van der Waals surface area contributed by atoms with E-state index in [1.165, 1.54) is 13.1 Å². The lowest BCUT2D eigenvalue weighted by atomic mass is 10.1. The first-order chi connectivity index (χ1) is 7.18. The molecule has 1 aromatic carbocycles. The molecule has 2 rings (SSSR count). The molecule has 0 saturated heterocycles. The van der Waals surface area contributed by atoms with E-state index in [-0.39, 0.29) is 5.56 Å². The van der Waals surface area contributed by atoms with Crippen molar-refractivity contribution < 1.29 is 9.53 Å². The van der Waals surface area contributed by atoms with E-state index < -0.39 is 5.97 Å². The maximum atomic E-state index is 11.4. The Morgan fingerprint density at radius 2 is 2.07 bits per heavy atom. The summed E-state index contributed by atoms with van der Waals surface area (Å²) in [6.45, 7) is 1.33. The van der Waals surface area contributed by atoms with Gasteiger partial charge in [0.25, 0.3) is 5.56 Å². The molecule has 2 aromatic rings. The quantitative estimate of drug-likeness (QED) is 0.563. The first-order valence-corrected chi connectivity index (χ1v) is 4.47. The molecular formula is C11H9NO3. The minimum Gasteiger partial charge on any atom is -0.426 e. The molecule has 0 amide bonds. The number of fused-ring (bicyclic) bond motifs is 1. The van der Waals surface area contributed by atoms with Crippen LogP contribution in [0.15, 0.2) is 35.3 Å². The fraction of sp³-hybridized carbons (Fsp3) is 0.0909. The van der Waals surface area contributed by atoms with Gasteiger partial charge < -0.3 is 9.72 Å². The molecule has 0 aliphatic carbocycles. The predicted molar refractivity (Wildman–Crippen MR) is 55.9 cm³/mol. The lowest BCUT2D eigenvalue weighted by molar-refractivity contribution is -0.131. The lowest BCUT2D eigenvalue weighted by Gasteiger charge is -2.04. The number of carbonyl (C=O) groups is 1. The molecule has 0 radical (unpaired) electrons. The van der Waals surface area contributed by atoms with E-state index in [9.17, 15) is 9.59 Å². The first-order valence-electron chi connectivity index (χ1n) is 4.47. The number of hydrogen-bond acceptors (Lipinski definition) is 3. The van der Waals surface area contributed by atoms with Gasteiger partial charge in [-0.05, 0) is 18.2 Å². The van der Waals surface area contributed by atoms with Crippen LogP contribution in [0.4, 0.5) is 0 Å². The molecule has 0 atom stereocenters. The monoisotopic (exact) mass is 203 g/mol. The fourth-order valence-corrected chi connectivity index (χ4v) is 1.44. The van der Waals surface area contributed by atoms with Gasteiger partial charge in [-0.1, -0.05) is 6.07 Å². The van der Waals surface area contributed by atoms with Crippen LogP contribution in [0, 0.1) is 0 Å². The summed E-state index contributed by atoms with van der Waals surface area (Å²) in [4.78, 5) is 24.8. The summed E-state index contributed by atoms with van der Waals surface area (Å²) in [6, 6.07) is 6.72. The van der Waals surface area contributed by atoms with Crippen LogP contribution in [0.5, 0.6) is 5.75 Å². The van der Waals surface area contributed by atoms with E-state index in [4.69, 9.17) is 4.74 Å². The second-order valence-corrected chi connectivity index (χ2v) is 3.12. The zero-order valence-corrected chi connectivity index (χ0v) is 8.11. The minimum atomic E-state index is -0.400. The zero-order valence-electron chi connectivity index (χ0n) is 8.11. The number of benzene rings is 1. The molecular weight excluding hydrogens is 194 g/mol. The Bertz CT molecular complexity index is 571. The summed E-state index contributed by atoms with van der Waals surface area (Å²) in [5.74, 6) is 0.00822. The standard InChI is InChI=1S/C11H9NO3/c1-7(13)15-10-4-2-3-9-8(10)5-6-12-11(9)14/h2-6H,1H3,(H,12,14). The van der Waals surface area contributed by atoms with E-state index in [0.29, 0.717) is 16.5 Å². The highest BCUT2D eigenvalue weighted by molar-refractivity contribution is 5.89. The average Bonchev–Trinajstić information content (AvgIpc) is 2.19. The second kappa shape index (κ2) is 3.57. The topological polar surface area (TPSA) is 59.2 Å². The smallest absolute Gasteiger partial charge is 0.308 e. The summed E-state index contributed by atoms with van der Waals surface area (Å²) in [5.41, 5.74) is -0.193. The normalized spacial score (nSPS) is 10.2. The first kappa shape index (κ1) is 9.45. The van der Waals surface area contributed by atoms with Crippen LogP contribution in [0.1, 0.15) is 6.92 Å². The van der Waals surface area contributed by atoms with Crippen LogP contribution >= 0.6 is 0 Å². The highest BCUT2D eigenvalue weighted by Gasteiger charge is 2.05. The largest absolute Gasteiger partial charge is 0.426 e. The van der Waals surface area contributed by atoms with E-state index >= 15 is 0 Å². The number of aromatic amines is 1. The fourth-order valence-electron chi connectivity index (χ4n) is 1.44. The van der Waals surface area contributed by atoms with Crippen LogP contribution in [-0.2, 0) is 4.79 Å². The molecule has 0 aliphatic rings. The highest BCUT2D eigenvalue weighted by atomic mass is 16.5. The Kier molecular flexibility index (Phi) is 2.25. The lowest BCUT2D eigenvalue weighted by Crippen LogP contribution is -2.07.